The predicted octanol–water partition coefficient (Wildman–Crippen LogP) is 3.23. The fraction of sp³-hybridized carbons (Fsp3) is 0.533. The normalized spacial score (nSPS) is 17.8. The molecule has 1 saturated carbocycles. The van der Waals surface area contributed by atoms with Crippen LogP contribution in [0.4, 0.5) is 4.39 Å². The average Bonchev–Trinajstić information content (AvgIpc) is 2.48. The van der Waals surface area contributed by atoms with Crippen LogP contribution in [-0.4, -0.2) is 18.5 Å². The molecule has 1 aromatic carbocycles. The zero-order chi connectivity index (χ0) is 14.5. The first-order valence-corrected chi connectivity index (χ1v) is 7.87. The van der Waals surface area contributed by atoms with Crippen LogP contribution in [0.25, 0.3) is 0 Å². The van der Waals surface area contributed by atoms with Crippen LogP contribution in [0.5, 0.6) is 0 Å². The van der Waals surface area contributed by atoms with Crippen molar-refractivity contribution in [1.29, 1.82) is 0 Å². The number of rotatable bonds is 4. The van der Waals surface area contributed by atoms with Crippen LogP contribution in [0.2, 0.25) is 0 Å². The van der Waals surface area contributed by atoms with Gasteiger partial charge in [0.05, 0.1) is 5.56 Å². The summed E-state index contributed by atoms with van der Waals surface area (Å²) in [7, 11) is 0. The summed E-state index contributed by atoms with van der Waals surface area (Å²) in [6.45, 7) is 0.395. The van der Waals surface area contributed by atoms with Crippen molar-refractivity contribution in [2.75, 3.05) is 6.54 Å². The number of carbonyl (C=O) groups excluding carboxylic acids is 1. The van der Waals surface area contributed by atoms with E-state index in [2.05, 4.69) is 21.2 Å². The Morgan fingerprint density at radius 1 is 1.40 bits per heavy atom. The molecule has 110 valence electrons. The summed E-state index contributed by atoms with van der Waals surface area (Å²) in [6.07, 6.45) is 5.79. The summed E-state index contributed by atoms with van der Waals surface area (Å²) in [4.78, 5) is 12.2. The molecular weight excluding hydrogens is 323 g/mol. The first-order valence-electron chi connectivity index (χ1n) is 7.08. The highest BCUT2D eigenvalue weighted by Crippen LogP contribution is 2.26. The van der Waals surface area contributed by atoms with Crippen LogP contribution in [0.15, 0.2) is 22.7 Å². The van der Waals surface area contributed by atoms with Gasteiger partial charge in [-0.15, -0.1) is 0 Å². The highest BCUT2D eigenvalue weighted by molar-refractivity contribution is 9.10. The molecule has 3 N–H and O–H groups in total. The monoisotopic (exact) mass is 342 g/mol. The molecular formula is C15H20BrFN2O. The lowest BCUT2D eigenvalue weighted by atomic mass is 9.84. The quantitative estimate of drug-likeness (QED) is 0.882. The van der Waals surface area contributed by atoms with Gasteiger partial charge < -0.3 is 11.1 Å². The van der Waals surface area contributed by atoms with Crippen LogP contribution < -0.4 is 11.1 Å². The van der Waals surface area contributed by atoms with E-state index in [0.29, 0.717) is 16.9 Å². The number of carbonyl (C=O) groups is 1. The molecule has 2 rings (SSSR count). The molecule has 3 nitrogen and oxygen atoms in total. The Balaban J connectivity index is 2.06. The average molecular weight is 343 g/mol. The van der Waals surface area contributed by atoms with Gasteiger partial charge in [-0.25, -0.2) is 4.39 Å². The Morgan fingerprint density at radius 3 is 2.75 bits per heavy atom. The second-order valence-electron chi connectivity index (χ2n) is 5.34. The first kappa shape index (κ1) is 15.4. The second-order valence-corrected chi connectivity index (χ2v) is 6.25. The van der Waals surface area contributed by atoms with Gasteiger partial charge >= 0.3 is 0 Å². The minimum absolute atomic E-state index is 0.0636. The predicted molar refractivity (Wildman–Crippen MR) is 81.0 cm³/mol. The van der Waals surface area contributed by atoms with Gasteiger partial charge in [0.2, 0.25) is 0 Å². The maximum absolute atomic E-state index is 13.7. The van der Waals surface area contributed by atoms with Crippen molar-refractivity contribution >= 4 is 21.8 Å². The van der Waals surface area contributed by atoms with Crippen LogP contribution in [0.3, 0.4) is 0 Å². The number of hydrogen-bond acceptors (Lipinski definition) is 2. The maximum Gasteiger partial charge on any atom is 0.254 e. The SMILES string of the molecule is NCC(NC(=O)c1cc(Br)ccc1F)C1CCCCC1. The maximum atomic E-state index is 13.7. The molecule has 0 bridgehead atoms. The van der Waals surface area contributed by atoms with Gasteiger partial charge in [-0.2, -0.15) is 0 Å². The molecule has 0 heterocycles. The van der Waals surface area contributed by atoms with Crippen LogP contribution in [-0.2, 0) is 0 Å². The molecule has 5 heteroatoms. The van der Waals surface area contributed by atoms with E-state index in [1.807, 2.05) is 0 Å². The van der Waals surface area contributed by atoms with Crippen molar-refractivity contribution in [2.24, 2.45) is 11.7 Å². The minimum Gasteiger partial charge on any atom is -0.348 e. The van der Waals surface area contributed by atoms with E-state index >= 15 is 0 Å². The second kappa shape index (κ2) is 7.18. The smallest absolute Gasteiger partial charge is 0.254 e. The van der Waals surface area contributed by atoms with E-state index in [0.717, 1.165) is 12.8 Å². The third kappa shape index (κ3) is 3.79. The highest BCUT2D eigenvalue weighted by Gasteiger charge is 2.25. The number of nitrogens with two attached hydrogens (primary N) is 1. The van der Waals surface area contributed by atoms with Gasteiger partial charge in [0.15, 0.2) is 0 Å². The van der Waals surface area contributed by atoms with Crippen molar-refractivity contribution in [2.45, 2.75) is 38.1 Å². The zero-order valence-electron chi connectivity index (χ0n) is 11.4. The van der Waals surface area contributed by atoms with E-state index in [-0.39, 0.29) is 17.5 Å². The number of benzene rings is 1. The number of nitrogens with one attached hydrogen (secondary N) is 1. The van der Waals surface area contributed by atoms with Gasteiger partial charge in [-0.05, 0) is 37.0 Å². The Morgan fingerprint density at radius 2 is 2.10 bits per heavy atom. The van der Waals surface area contributed by atoms with E-state index in [9.17, 15) is 9.18 Å². The standard InChI is InChI=1S/C15H20BrFN2O/c16-11-6-7-13(17)12(8-11)15(20)19-14(9-18)10-4-2-1-3-5-10/h6-8,10,14H,1-5,9,18H2,(H,19,20). The van der Waals surface area contributed by atoms with Gasteiger partial charge in [-0.3, -0.25) is 4.79 Å². The molecule has 0 radical (unpaired) electrons. The topological polar surface area (TPSA) is 55.1 Å². The lowest BCUT2D eigenvalue weighted by Crippen LogP contribution is -2.46. The number of amides is 1. The van der Waals surface area contributed by atoms with E-state index < -0.39 is 5.82 Å². The van der Waals surface area contributed by atoms with Crippen molar-refractivity contribution in [1.82, 2.24) is 5.32 Å². The summed E-state index contributed by atoms with van der Waals surface area (Å²) in [5, 5.41) is 2.90. The summed E-state index contributed by atoms with van der Waals surface area (Å²) in [6, 6.07) is 4.30. The first-order chi connectivity index (χ1) is 9.61. The third-order valence-corrected chi connectivity index (χ3v) is 4.46. The Kier molecular flexibility index (Phi) is 5.54. The molecule has 1 aliphatic rings. The van der Waals surface area contributed by atoms with Crippen LogP contribution in [0.1, 0.15) is 42.5 Å². The lowest BCUT2D eigenvalue weighted by molar-refractivity contribution is 0.0911. The van der Waals surface area contributed by atoms with Gasteiger partial charge in [0, 0.05) is 17.1 Å². The molecule has 0 spiro atoms. The van der Waals surface area contributed by atoms with E-state index in [4.69, 9.17) is 5.73 Å². The third-order valence-electron chi connectivity index (χ3n) is 3.96. The summed E-state index contributed by atoms with van der Waals surface area (Å²) in [5.74, 6) is -0.483. The van der Waals surface area contributed by atoms with Crippen molar-refractivity contribution in [3.8, 4) is 0 Å². The summed E-state index contributed by atoms with van der Waals surface area (Å²) in [5.41, 5.74) is 5.84. The molecule has 0 aliphatic heterocycles. The van der Waals surface area contributed by atoms with Crippen molar-refractivity contribution < 1.29 is 9.18 Å². The molecule has 0 aromatic heterocycles. The molecule has 1 unspecified atom stereocenters. The highest BCUT2D eigenvalue weighted by atomic mass is 79.9. The molecule has 1 aliphatic carbocycles. The Labute approximate surface area is 127 Å². The van der Waals surface area contributed by atoms with Crippen LogP contribution in [0, 0.1) is 11.7 Å². The van der Waals surface area contributed by atoms with Gasteiger partial charge in [0.25, 0.3) is 5.91 Å². The molecule has 1 amide bonds. The van der Waals surface area contributed by atoms with Gasteiger partial charge in [-0.1, -0.05) is 35.2 Å². The lowest BCUT2D eigenvalue weighted by Gasteiger charge is -2.30. The molecule has 1 atom stereocenters. The largest absolute Gasteiger partial charge is 0.348 e. The molecule has 0 saturated heterocycles. The fourth-order valence-corrected chi connectivity index (χ4v) is 3.18. The number of hydrogen-bond donors (Lipinski definition) is 2. The van der Waals surface area contributed by atoms with Crippen LogP contribution >= 0.6 is 15.9 Å². The molecule has 20 heavy (non-hydrogen) atoms. The fourth-order valence-electron chi connectivity index (χ4n) is 2.82. The summed E-state index contributed by atoms with van der Waals surface area (Å²) < 4.78 is 14.4. The number of halogens is 2. The Bertz CT molecular complexity index is 475. The van der Waals surface area contributed by atoms with E-state index in [1.165, 1.54) is 31.4 Å². The Hall–Kier alpha value is -0.940. The van der Waals surface area contributed by atoms with Gasteiger partial charge in [0.1, 0.15) is 5.82 Å². The van der Waals surface area contributed by atoms with Crippen molar-refractivity contribution in [3.05, 3.63) is 34.1 Å². The molecule has 1 fully saturated rings. The van der Waals surface area contributed by atoms with E-state index in [1.54, 1.807) is 6.07 Å². The summed E-state index contributed by atoms with van der Waals surface area (Å²) >= 11 is 3.25. The molecule has 1 aromatic rings. The zero-order valence-corrected chi connectivity index (χ0v) is 13.0. The van der Waals surface area contributed by atoms with Crippen molar-refractivity contribution in [3.63, 3.8) is 0 Å². The minimum atomic E-state index is -0.509.